The van der Waals surface area contributed by atoms with Crippen molar-refractivity contribution in [2.24, 2.45) is 5.41 Å². The third-order valence-electron chi connectivity index (χ3n) is 2.59. The standard InChI is InChI=1S/C14H21NO2/c1-10-8-11(6-7-12(10)17-5)9-15-13(16)14(2,3)4/h6-8H,9H2,1-5H3,(H,15,16). The molecule has 0 aliphatic carbocycles. The summed E-state index contributed by atoms with van der Waals surface area (Å²) < 4.78 is 5.19. The second-order valence-corrected chi connectivity index (χ2v) is 5.24. The number of rotatable bonds is 3. The lowest BCUT2D eigenvalue weighted by Gasteiger charge is -2.18. The van der Waals surface area contributed by atoms with E-state index in [4.69, 9.17) is 4.74 Å². The van der Waals surface area contributed by atoms with E-state index >= 15 is 0 Å². The summed E-state index contributed by atoms with van der Waals surface area (Å²) in [4.78, 5) is 11.7. The number of nitrogens with one attached hydrogen (secondary N) is 1. The minimum atomic E-state index is -0.346. The Balaban J connectivity index is 2.65. The van der Waals surface area contributed by atoms with Gasteiger partial charge in [0.05, 0.1) is 7.11 Å². The van der Waals surface area contributed by atoms with Crippen LogP contribution in [0.25, 0.3) is 0 Å². The first-order valence-electron chi connectivity index (χ1n) is 5.76. The van der Waals surface area contributed by atoms with Gasteiger partial charge in [0.15, 0.2) is 0 Å². The molecule has 17 heavy (non-hydrogen) atoms. The lowest BCUT2D eigenvalue weighted by molar-refractivity contribution is -0.128. The van der Waals surface area contributed by atoms with Crippen LogP contribution in [0.15, 0.2) is 18.2 Å². The highest BCUT2D eigenvalue weighted by atomic mass is 16.5. The number of hydrogen-bond acceptors (Lipinski definition) is 2. The molecule has 3 nitrogen and oxygen atoms in total. The molecule has 1 aromatic carbocycles. The summed E-state index contributed by atoms with van der Waals surface area (Å²) >= 11 is 0. The molecule has 0 aromatic heterocycles. The van der Waals surface area contributed by atoms with Crippen molar-refractivity contribution in [2.45, 2.75) is 34.2 Å². The van der Waals surface area contributed by atoms with E-state index < -0.39 is 0 Å². The maximum Gasteiger partial charge on any atom is 0.225 e. The van der Waals surface area contributed by atoms with Gasteiger partial charge in [0.1, 0.15) is 5.75 Å². The summed E-state index contributed by atoms with van der Waals surface area (Å²) in [6, 6.07) is 5.92. The molecule has 0 aliphatic rings. The summed E-state index contributed by atoms with van der Waals surface area (Å²) in [6.45, 7) is 8.26. The highest BCUT2D eigenvalue weighted by Crippen LogP contribution is 2.19. The van der Waals surface area contributed by atoms with Gasteiger partial charge >= 0.3 is 0 Å². The highest BCUT2D eigenvalue weighted by molar-refractivity contribution is 5.81. The van der Waals surface area contributed by atoms with Crippen LogP contribution in [0.1, 0.15) is 31.9 Å². The van der Waals surface area contributed by atoms with Crippen molar-refractivity contribution in [1.82, 2.24) is 5.32 Å². The molecule has 0 spiro atoms. The zero-order valence-corrected chi connectivity index (χ0v) is 11.3. The summed E-state index contributed by atoms with van der Waals surface area (Å²) in [5.41, 5.74) is 1.82. The number of ether oxygens (including phenoxy) is 1. The molecule has 0 heterocycles. The van der Waals surface area contributed by atoms with Crippen molar-refractivity contribution in [3.8, 4) is 5.75 Å². The van der Waals surface area contributed by atoms with Crippen LogP contribution in [0.5, 0.6) is 5.75 Å². The number of methoxy groups -OCH3 is 1. The summed E-state index contributed by atoms with van der Waals surface area (Å²) in [5.74, 6) is 0.932. The molecule has 1 N–H and O–H groups in total. The molecule has 1 amide bonds. The molecule has 0 fully saturated rings. The predicted octanol–water partition coefficient (Wildman–Crippen LogP) is 2.67. The fraction of sp³-hybridized carbons (Fsp3) is 0.500. The van der Waals surface area contributed by atoms with Crippen molar-refractivity contribution >= 4 is 5.91 Å². The lowest BCUT2D eigenvalue weighted by Crippen LogP contribution is -2.34. The molecule has 94 valence electrons. The lowest BCUT2D eigenvalue weighted by atomic mass is 9.95. The smallest absolute Gasteiger partial charge is 0.225 e. The van der Waals surface area contributed by atoms with Crippen LogP contribution in [0, 0.1) is 12.3 Å². The van der Waals surface area contributed by atoms with E-state index in [0.29, 0.717) is 6.54 Å². The maximum absolute atomic E-state index is 11.7. The zero-order chi connectivity index (χ0) is 13.1. The Hall–Kier alpha value is -1.51. The molecule has 0 atom stereocenters. The Kier molecular flexibility index (Phi) is 4.16. The Morgan fingerprint density at radius 2 is 2.00 bits per heavy atom. The summed E-state index contributed by atoms with van der Waals surface area (Å²) in [6.07, 6.45) is 0. The van der Waals surface area contributed by atoms with Gasteiger partial charge in [-0.15, -0.1) is 0 Å². The first-order valence-corrected chi connectivity index (χ1v) is 5.76. The molecule has 0 bridgehead atoms. The Labute approximate surface area is 103 Å². The van der Waals surface area contributed by atoms with Gasteiger partial charge in [-0.2, -0.15) is 0 Å². The molecule has 0 aliphatic heterocycles. The fourth-order valence-corrected chi connectivity index (χ4v) is 1.50. The average Bonchev–Trinajstić information content (AvgIpc) is 2.24. The third kappa shape index (κ3) is 3.77. The van der Waals surface area contributed by atoms with Gasteiger partial charge in [0.2, 0.25) is 5.91 Å². The van der Waals surface area contributed by atoms with Crippen LogP contribution in [0.3, 0.4) is 0 Å². The quantitative estimate of drug-likeness (QED) is 0.874. The summed E-state index contributed by atoms with van der Waals surface area (Å²) in [7, 11) is 1.66. The zero-order valence-electron chi connectivity index (χ0n) is 11.3. The number of benzene rings is 1. The SMILES string of the molecule is COc1ccc(CNC(=O)C(C)(C)C)cc1C. The molecular formula is C14H21NO2. The molecule has 1 rings (SSSR count). The van der Waals surface area contributed by atoms with Crippen molar-refractivity contribution in [2.75, 3.05) is 7.11 Å². The van der Waals surface area contributed by atoms with E-state index in [2.05, 4.69) is 5.32 Å². The first-order chi connectivity index (χ1) is 7.84. The van der Waals surface area contributed by atoms with E-state index in [9.17, 15) is 4.79 Å². The molecule has 3 heteroatoms. The van der Waals surface area contributed by atoms with Gasteiger partial charge in [0, 0.05) is 12.0 Å². The van der Waals surface area contributed by atoms with Crippen LogP contribution in [0.4, 0.5) is 0 Å². The fourth-order valence-electron chi connectivity index (χ4n) is 1.50. The van der Waals surface area contributed by atoms with Crippen LogP contribution in [0.2, 0.25) is 0 Å². The highest BCUT2D eigenvalue weighted by Gasteiger charge is 2.20. The number of aryl methyl sites for hydroxylation is 1. The number of carbonyl (C=O) groups excluding carboxylic acids is 1. The van der Waals surface area contributed by atoms with Gasteiger partial charge in [-0.25, -0.2) is 0 Å². The van der Waals surface area contributed by atoms with Crippen LogP contribution in [-0.2, 0) is 11.3 Å². The van der Waals surface area contributed by atoms with Gasteiger partial charge in [0.25, 0.3) is 0 Å². The largest absolute Gasteiger partial charge is 0.496 e. The van der Waals surface area contributed by atoms with Gasteiger partial charge in [-0.05, 0) is 24.1 Å². The Morgan fingerprint density at radius 1 is 1.35 bits per heavy atom. The molecule has 0 unspecified atom stereocenters. The molecule has 0 saturated carbocycles. The van der Waals surface area contributed by atoms with Crippen molar-refractivity contribution in [1.29, 1.82) is 0 Å². The van der Waals surface area contributed by atoms with Gasteiger partial charge in [-0.3, -0.25) is 4.79 Å². The Morgan fingerprint density at radius 3 is 2.47 bits per heavy atom. The maximum atomic E-state index is 11.7. The third-order valence-corrected chi connectivity index (χ3v) is 2.59. The van der Waals surface area contributed by atoms with Crippen molar-refractivity contribution in [3.05, 3.63) is 29.3 Å². The first kappa shape index (κ1) is 13.6. The second-order valence-electron chi connectivity index (χ2n) is 5.24. The molecule has 0 saturated heterocycles. The van der Waals surface area contributed by atoms with Crippen molar-refractivity contribution in [3.63, 3.8) is 0 Å². The van der Waals surface area contributed by atoms with Crippen molar-refractivity contribution < 1.29 is 9.53 Å². The number of hydrogen-bond donors (Lipinski definition) is 1. The second kappa shape index (κ2) is 5.21. The summed E-state index contributed by atoms with van der Waals surface area (Å²) in [5, 5.41) is 2.92. The topological polar surface area (TPSA) is 38.3 Å². The van der Waals surface area contributed by atoms with E-state index in [-0.39, 0.29) is 11.3 Å². The number of carbonyl (C=O) groups is 1. The predicted molar refractivity (Wildman–Crippen MR) is 69.0 cm³/mol. The Bertz CT molecular complexity index is 405. The van der Waals surface area contributed by atoms with Crippen LogP contribution < -0.4 is 10.1 Å². The van der Waals surface area contributed by atoms with Gasteiger partial charge in [-0.1, -0.05) is 32.9 Å². The normalized spacial score (nSPS) is 11.1. The minimum absolute atomic E-state index is 0.0611. The number of amides is 1. The van der Waals surface area contributed by atoms with E-state index in [1.165, 1.54) is 0 Å². The van der Waals surface area contributed by atoms with E-state index in [0.717, 1.165) is 16.9 Å². The van der Waals surface area contributed by atoms with Crippen LogP contribution >= 0.6 is 0 Å². The average molecular weight is 235 g/mol. The molecule has 0 radical (unpaired) electrons. The molecule has 1 aromatic rings. The molecular weight excluding hydrogens is 214 g/mol. The van der Waals surface area contributed by atoms with Gasteiger partial charge < -0.3 is 10.1 Å². The monoisotopic (exact) mass is 235 g/mol. The van der Waals surface area contributed by atoms with Crippen LogP contribution in [-0.4, -0.2) is 13.0 Å². The minimum Gasteiger partial charge on any atom is -0.496 e. The van der Waals surface area contributed by atoms with E-state index in [1.807, 2.05) is 45.9 Å². The van der Waals surface area contributed by atoms with E-state index in [1.54, 1.807) is 7.11 Å².